The van der Waals surface area contributed by atoms with Crippen molar-refractivity contribution in [3.8, 4) is 22.6 Å². The molecular formula is C32H32FN7O6. The second-order valence-electron chi connectivity index (χ2n) is 10.6. The Morgan fingerprint density at radius 3 is 2.67 bits per heavy atom. The molecule has 2 aliphatic rings. The molecule has 238 valence electrons. The molecule has 6 bridgehead atoms. The largest absolute Gasteiger partial charge is 0.488 e. The van der Waals surface area contributed by atoms with Crippen LogP contribution in [0.5, 0.6) is 11.5 Å². The zero-order valence-electron chi connectivity index (χ0n) is 24.9. The molecule has 4 aromatic rings. The van der Waals surface area contributed by atoms with Crippen molar-refractivity contribution in [2.75, 3.05) is 30.3 Å². The quantitative estimate of drug-likeness (QED) is 0.243. The number of benzene rings is 2. The number of nitrogens with two attached hydrogens (primary N) is 1. The number of anilines is 2. The molecule has 0 saturated carbocycles. The van der Waals surface area contributed by atoms with Crippen molar-refractivity contribution in [3.63, 3.8) is 0 Å². The van der Waals surface area contributed by atoms with Crippen LogP contribution < -0.4 is 30.7 Å². The molecule has 2 aliphatic heterocycles. The Balaban J connectivity index is 0.000000985. The molecule has 0 radical (unpaired) electrons. The SMILES string of the molecule is CC(=O)O.Nc1ccnc(N2CC[C@@H]3Oc4cc(F)cc(c4)CNC(=O)COc4cccc(c4)-c4cncc(c4)C(=O)N[C@@H]3C2)n1. The van der Waals surface area contributed by atoms with E-state index in [-0.39, 0.29) is 30.7 Å². The van der Waals surface area contributed by atoms with Gasteiger partial charge >= 0.3 is 0 Å². The van der Waals surface area contributed by atoms with Crippen molar-refractivity contribution >= 4 is 29.5 Å². The van der Waals surface area contributed by atoms with E-state index in [1.54, 1.807) is 48.8 Å². The third kappa shape index (κ3) is 8.43. The van der Waals surface area contributed by atoms with Gasteiger partial charge < -0.3 is 35.8 Å². The van der Waals surface area contributed by atoms with Gasteiger partial charge in [0.2, 0.25) is 5.95 Å². The minimum Gasteiger partial charge on any atom is -0.488 e. The number of hydrogen-bond donors (Lipinski definition) is 4. The second kappa shape index (κ2) is 14.3. The first-order chi connectivity index (χ1) is 22.1. The topological polar surface area (TPSA) is 182 Å². The Labute approximate surface area is 263 Å². The van der Waals surface area contributed by atoms with Crippen LogP contribution in [0.15, 0.2) is 73.2 Å². The van der Waals surface area contributed by atoms with Crippen molar-refractivity contribution in [2.45, 2.75) is 32.0 Å². The summed E-state index contributed by atoms with van der Waals surface area (Å²) in [4.78, 5) is 49.9. The number of carbonyl (C=O) groups is 3. The summed E-state index contributed by atoms with van der Waals surface area (Å²) in [5, 5.41) is 13.3. The van der Waals surface area contributed by atoms with Gasteiger partial charge in [0.05, 0.1) is 11.6 Å². The Kier molecular flexibility index (Phi) is 9.85. The summed E-state index contributed by atoms with van der Waals surface area (Å²) in [5.41, 5.74) is 8.22. The first-order valence-electron chi connectivity index (χ1n) is 14.4. The lowest BCUT2D eigenvalue weighted by Gasteiger charge is -2.38. The van der Waals surface area contributed by atoms with Crippen LogP contribution in [-0.4, -0.2) is 69.7 Å². The summed E-state index contributed by atoms with van der Waals surface area (Å²) < 4.78 is 26.6. The molecule has 46 heavy (non-hydrogen) atoms. The fraction of sp³-hybridized carbons (Fsp3) is 0.250. The molecule has 2 aromatic heterocycles. The van der Waals surface area contributed by atoms with E-state index < -0.39 is 23.9 Å². The molecule has 5 N–H and O–H groups in total. The highest BCUT2D eigenvalue weighted by molar-refractivity contribution is 5.95. The van der Waals surface area contributed by atoms with Crippen LogP contribution in [-0.2, 0) is 16.1 Å². The number of carboxylic acid groups (broad SMARTS) is 1. The number of carboxylic acids is 1. The Morgan fingerprint density at radius 1 is 1.07 bits per heavy atom. The van der Waals surface area contributed by atoms with Gasteiger partial charge in [-0.1, -0.05) is 12.1 Å². The molecule has 2 amide bonds. The fourth-order valence-corrected chi connectivity index (χ4v) is 5.01. The normalized spacial score (nSPS) is 17.9. The number of hydrogen-bond acceptors (Lipinski definition) is 10. The van der Waals surface area contributed by atoms with E-state index in [0.29, 0.717) is 53.7 Å². The molecule has 4 heterocycles. The monoisotopic (exact) mass is 629 g/mol. The number of nitrogens with one attached hydrogen (secondary N) is 2. The van der Waals surface area contributed by atoms with Gasteiger partial charge in [-0.15, -0.1) is 0 Å². The number of rotatable bonds is 1. The maximum absolute atomic E-state index is 14.6. The number of fused-ring (bicyclic) bond motifs is 8. The molecule has 14 heteroatoms. The minimum absolute atomic E-state index is 0.0826. The maximum atomic E-state index is 14.6. The number of nitrogen functional groups attached to an aromatic ring is 1. The molecule has 0 aliphatic carbocycles. The number of carbonyl (C=O) groups excluding carboxylic acids is 2. The molecule has 0 unspecified atom stereocenters. The molecular weight excluding hydrogens is 597 g/mol. The number of aromatic nitrogens is 3. The van der Waals surface area contributed by atoms with Gasteiger partial charge in [0.1, 0.15) is 29.2 Å². The maximum Gasteiger partial charge on any atom is 0.300 e. The standard InChI is InChI=1S/C30H28FN7O4.C2H4O2/c31-22-8-18-9-24(12-22)42-26-5-7-38(30-34-6-4-27(32)37-30)16-25(26)36-29(40)21-10-20(14-33-15-21)19-2-1-3-23(11-19)41-17-28(39)35-13-18;1-2(3)4/h1-4,6,8-12,14-15,25-26H,5,7,13,16-17H2,(H,35,39)(H,36,40)(H2,32,34,37);1H3,(H,3,4)/t25-,26+;/m1./s1. The number of amides is 2. The van der Waals surface area contributed by atoms with Crippen molar-refractivity contribution in [2.24, 2.45) is 0 Å². The van der Waals surface area contributed by atoms with Crippen molar-refractivity contribution in [1.82, 2.24) is 25.6 Å². The first-order valence-corrected chi connectivity index (χ1v) is 14.4. The molecule has 6 rings (SSSR count). The number of halogens is 1. The van der Waals surface area contributed by atoms with Crippen LogP contribution in [0.4, 0.5) is 16.2 Å². The summed E-state index contributed by atoms with van der Waals surface area (Å²) in [6, 6.07) is 14.3. The van der Waals surface area contributed by atoms with Gasteiger partial charge in [-0.2, -0.15) is 4.98 Å². The minimum atomic E-state index is -0.833. The lowest BCUT2D eigenvalue weighted by Crippen LogP contribution is -2.57. The Hall–Kier alpha value is -5.79. The van der Waals surface area contributed by atoms with Gasteiger partial charge in [0.15, 0.2) is 6.61 Å². The average molecular weight is 630 g/mol. The third-order valence-electron chi connectivity index (χ3n) is 7.06. The zero-order chi connectivity index (χ0) is 32.6. The smallest absolute Gasteiger partial charge is 0.300 e. The highest BCUT2D eigenvalue weighted by atomic mass is 19.1. The van der Waals surface area contributed by atoms with Crippen molar-refractivity contribution < 1.29 is 33.4 Å². The highest BCUT2D eigenvalue weighted by Crippen LogP contribution is 2.26. The predicted octanol–water partition coefficient (Wildman–Crippen LogP) is 2.82. The second-order valence-corrected chi connectivity index (χ2v) is 10.6. The zero-order valence-corrected chi connectivity index (χ0v) is 24.9. The van der Waals surface area contributed by atoms with E-state index in [2.05, 4.69) is 25.6 Å². The van der Waals surface area contributed by atoms with Crippen LogP contribution >= 0.6 is 0 Å². The highest BCUT2D eigenvalue weighted by Gasteiger charge is 2.34. The van der Waals surface area contributed by atoms with Gasteiger partial charge in [-0.3, -0.25) is 19.4 Å². The van der Waals surface area contributed by atoms with Crippen LogP contribution in [0.2, 0.25) is 0 Å². The van der Waals surface area contributed by atoms with Crippen LogP contribution in [0.3, 0.4) is 0 Å². The van der Waals surface area contributed by atoms with E-state index in [9.17, 15) is 14.0 Å². The number of ether oxygens (including phenoxy) is 2. The first kappa shape index (κ1) is 31.6. The van der Waals surface area contributed by atoms with E-state index >= 15 is 0 Å². The summed E-state index contributed by atoms with van der Waals surface area (Å²) >= 11 is 0. The van der Waals surface area contributed by atoms with Crippen LogP contribution in [0.1, 0.15) is 29.3 Å². The summed E-state index contributed by atoms with van der Waals surface area (Å²) in [6.45, 7) is 1.79. The molecule has 13 nitrogen and oxygen atoms in total. The third-order valence-corrected chi connectivity index (χ3v) is 7.06. The van der Waals surface area contributed by atoms with E-state index in [1.165, 1.54) is 18.3 Å². The number of aliphatic carboxylic acids is 1. The molecule has 1 fully saturated rings. The van der Waals surface area contributed by atoms with E-state index in [0.717, 1.165) is 12.5 Å². The van der Waals surface area contributed by atoms with Crippen molar-refractivity contribution in [3.05, 3.63) is 90.1 Å². The number of nitrogens with zero attached hydrogens (tertiary/aromatic N) is 4. The summed E-state index contributed by atoms with van der Waals surface area (Å²) in [6.07, 6.45) is 4.70. The molecule has 2 atom stereocenters. The Morgan fingerprint density at radius 2 is 1.87 bits per heavy atom. The van der Waals surface area contributed by atoms with Gasteiger partial charge in [0, 0.05) is 63.2 Å². The predicted molar refractivity (Wildman–Crippen MR) is 166 cm³/mol. The number of pyridine rings is 1. The fourth-order valence-electron chi connectivity index (χ4n) is 5.01. The summed E-state index contributed by atoms with van der Waals surface area (Å²) in [5.74, 6) is -0.521. The van der Waals surface area contributed by atoms with Gasteiger partial charge in [0.25, 0.3) is 17.8 Å². The summed E-state index contributed by atoms with van der Waals surface area (Å²) in [7, 11) is 0. The van der Waals surface area contributed by atoms with Crippen LogP contribution in [0.25, 0.3) is 11.1 Å². The Bertz CT molecular complexity index is 1730. The van der Waals surface area contributed by atoms with E-state index in [1.807, 2.05) is 11.0 Å². The van der Waals surface area contributed by atoms with Crippen molar-refractivity contribution in [1.29, 1.82) is 0 Å². The molecule has 2 aromatic carbocycles. The van der Waals surface area contributed by atoms with Gasteiger partial charge in [-0.25, -0.2) is 9.37 Å². The molecule has 0 spiro atoms. The lowest BCUT2D eigenvalue weighted by atomic mass is 10.0. The lowest BCUT2D eigenvalue weighted by molar-refractivity contribution is -0.134. The van der Waals surface area contributed by atoms with Gasteiger partial charge in [-0.05, 0) is 47.5 Å². The average Bonchev–Trinajstić information content (AvgIpc) is 3.03. The van der Waals surface area contributed by atoms with E-state index in [4.69, 9.17) is 25.1 Å². The molecule has 1 saturated heterocycles. The van der Waals surface area contributed by atoms with Crippen LogP contribution in [0, 0.1) is 5.82 Å². The number of piperidine rings is 1.